The molecule has 86 heavy (non-hydrogen) atoms. The average Bonchev–Trinajstić information content (AvgIpc) is 3.64. The molecule has 0 fully saturated rings. The minimum absolute atomic E-state index is 0.154. The Labute approximate surface area is 536 Å². The third-order valence-electron chi connectivity index (χ3n) is 18.1. The Morgan fingerprint density at radius 3 is 0.744 bits per heavy atom. The van der Waals surface area contributed by atoms with Gasteiger partial charge in [0.05, 0.1) is 40.3 Å². The van der Waals surface area contributed by atoms with E-state index in [1.165, 1.54) is 353 Å². The Morgan fingerprint density at radius 2 is 0.523 bits per heavy atom. The summed E-state index contributed by atoms with van der Waals surface area (Å²) in [6.07, 6.45) is 80.8. The fourth-order valence-electron chi connectivity index (χ4n) is 12.2. The number of hydrogen-bond donors (Lipinski definition) is 0. The smallest absolute Gasteiger partial charge is 0.306 e. The van der Waals surface area contributed by atoms with Gasteiger partial charge in [-0.1, -0.05) is 393 Å². The number of aliphatic carboxylic acids is 1. The van der Waals surface area contributed by atoms with E-state index in [9.17, 15) is 19.5 Å². The second-order valence-corrected chi connectivity index (χ2v) is 28.0. The Balaban J connectivity index is 3.96. The molecule has 0 bridgehead atoms. The summed E-state index contributed by atoms with van der Waals surface area (Å²) >= 11 is 0. The van der Waals surface area contributed by atoms with Gasteiger partial charge in [0.25, 0.3) is 0 Å². The normalized spacial score (nSPS) is 12.5. The van der Waals surface area contributed by atoms with Gasteiger partial charge in [-0.15, -0.1) is 0 Å². The van der Waals surface area contributed by atoms with E-state index in [1.54, 1.807) is 0 Å². The molecule has 0 aromatic heterocycles. The third kappa shape index (κ3) is 69.8. The highest BCUT2D eigenvalue weighted by Gasteiger charge is 2.22. The second kappa shape index (κ2) is 69.2. The van der Waals surface area contributed by atoms with Crippen LogP contribution in [-0.4, -0.2) is 82.3 Å². The van der Waals surface area contributed by atoms with E-state index in [2.05, 4.69) is 13.8 Å². The Hall–Kier alpha value is -1.71. The molecule has 0 aliphatic rings. The molecule has 9 nitrogen and oxygen atoms in total. The number of rotatable bonds is 74. The summed E-state index contributed by atoms with van der Waals surface area (Å²) in [6.45, 7) is 4.85. The first-order valence-corrected chi connectivity index (χ1v) is 38.7. The van der Waals surface area contributed by atoms with Crippen LogP contribution in [0, 0.1) is 0 Å². The summed E-state index contributed by atoms with van der Waals surface area (Å²) in [5.41, 5.74) is 0. The molecule has 0 N–H and O–H groups in total. The molecular formula is C77H151NO8. The van der Waals surface area contributed by atoms with Gasteiger partial charge >= 0.3 is 11.9 Å². The van der Waals surface area contributed by atoms with Gasteiger partial charge in [-0.3, -0.25) is 9.59 Å². The molecular weight excluding hydrogens is 1070 g/mol. The molecule has 0 aromatic rings. The van der Waals surface area contributed by atoms with Crippen LogP contribution in [0.4, 0.5) is 0 Å². The van der Waals surface area contributed by atoms with Crippen molar-refractivity contribution in [3.8, 4) is 0 Å². The number of unbranched alkanes of at least 4 members (excludes halogenated alkanes) is 59. The first-order valence-electron chi connectivity index (χ1n) is 38.7. The molecule has 0 aliphatic heterocycles. The number of carboxylic acid groups (broad SMARTS) is 1. The van der Waals surface area contributed by atoms with Gasteiger partial charge in [-0.25, -0.2) is 0 Å². The predicted octanol–water partition coefficient (Wildman–Crippen LogP) is 22.9. The van der Waals surface area contributed by atoms with Crippen molar-refractivity contribution in [3.05, 3.63) is 0 Å². The Morgan fingerprint density at radius 1 is 0.302 bits per heavy atom. The fraction of sp³-hybridized carbons (Fsp3) is 0.961. The number of esters is 2. The van der Waals surface area contributed by atoms with E-state index in [0.717, 1.165) is 38.5 Å². The van der Waals surface area contributed by atoms with Gasteiger partial charge in [-0.2, -0.15) is 0 Å². The molecule has 512 valence electrons. The van der Waals surface area contributed by atoms with Crippen LogP contribution in [0.3, 0.4) is 0 Å². The number of hydrogen-bond acceptors (Lipinski definition) is 8. The van der Waals surface area contributed by atoms with Crippen LogP contribution in [0.25, 0.3) is 0 Å². The van der Waals surface area contributed by atoms with Crippen molar-refractivity contribution in [1.82, 2.24) is 0 Å². The maximum absolute atomic E-state index is 13.0. The lowest BCUT2D eigenvalue weighted by atomic mass is 10.0. The monoisotopic (exact) mass is 1220 g/mol. The van der Waals surface area contributed by atoms with Crippen LogP contribution in [0.15, 0.2) is 0 Å². The Bertz CT molecular complexity index is 1370. The van der Waals surface area contributed by atoms with Crippen LogP contribution >= 0.6 is 0 Å². The zero-order valence-corrected chi connectivity index (χ0v) is 58.7. The van der Waals surface area contributed by atoms with Gasteiger partial charge in [0.2, 0.25) is 0 Å². The predicted molar refractivity (Wildman–Crippen MR) is 367 cm³/mol. The minimum Gasteiger partial charge on any atom is -0.545 e. The number of carbonyl (C=O) groups is 3. The standard InChI is InChI=1S/C77H151NO8/c1-6-8-10-12-14-16-18-20-22-24-26-28-30-32-34-35-36-37-38-39-40-41-42-44-46-48-50-52-54-56-58-60-62-64-66-68-75(80)86-73(72-85-77(76(81)82)83-70-69-78(3,4)5)71-84-74(79)67-65-63-61-59-57-55-53-51-49-47-45-43-33-31-29-27-25-23-21-19-17-15-13-11-9-7-2/h73,77H,6-72H2,1-5H3. The van der Waals surface area contributed by atoms with E-state index in [0.29, 0.717) is 17.4 Å². The van der Waals surface area contributed by atoms with Crippen molar-refractivity contribution in [3.63, 3.8) is 0 Å². The fourth-order valence-corrected chi connectivity index (χ4v) is 12.2. The number of quaternary nitrogens is 1. The maximum Gasteiger partial charge on any atom is 0.306 e. The summed E-state index contributed by atoms with van der Waals surface area (Å²) in [6, 6.07) is 0. The maximum atomic E-state index is 13.0. The van der Waals surface area contributed by atoms with Crippen LogP contribution in [0.1, 0.15) is 418 Å². The van der Waals surface area contributed by atoms with Crippen LogP contribution < -0.4 is 5.11 Å². The van der Waals surface area contributed by atoms with Crippen LogP contribution in [0.5, 0.6) is 0 Å². The highest BCUT2D eigenvalue weighted by atomic mass is 16.7. The van der Waals surface area contributed by atoms with Crippen LogP contribution in [0.2, 0.25) is 0 Å². The molecule has 0 saturated carbocycles. The van der Waals surface area contributed by atoms with Gasteiger partial charge in [0, 0.05) is 12.8 Å². The van der Waals surface area contributed by atoms with E-state index in [4.69, 9.17) is 18.9 Å². The van der Waals surface area contributed by atoms with Crippen LogP contribution in [-0.2, 0) is 33.3 Å². The topological polar surface area (TPSA) is 111 Å². The number of carbonyl (C=O) groups excluding carboxylic acids is 3. The summed E-state index contributed by atoms with van der Waals surface area (Å²) in [4.78, 5) is 37.5. The molecule has 0 amide bonds. The van der Waals surface area contributed by atoms with Crippen molar-refractivity contribution in [2.75, 3.05) is 47.5 Å². The zero-order chi connectivity index (χ0) is 62.6. The highest BCUT2D eigenvalue weighted by molar-refractivity contribution is 5.70. The Kier molecular flexibility index (Phi) is 67.8. The van der Waals surface area contributed by atoms with Gasteiger partial charge in [0.15, 0.2) is 12.4 Å². The van der Waals surface area contributed by atoms with Crippen molar-refractivity contribution >= 4 is 17.9 Å². The summed E-state index contributed by atoms with van der Waals surface area (Å²) in [5, 5.41) is 11.8. The minimum atomic E-state index is -1.62. The van der Waals surface area contributed by atoms with Crippen molar-refractivity contribution in [2.45, 2.75) is 431 Å². The van der Waals surface area contributed by atoms with Gasteiger partial charge in [-0.05, 0) is 12.8 Å². The summed E-state index contributed by atoms with van der Waals surface area (Å²) in [5.74, 6) is -2.24. The summed E-state index contributed by atoms with van der Waals surface area (Å²) < 4.78 is 22.9. The molecule has 9 heteroatoms. The first-order chi connectivity index (χ1) is 42.1. The molecule has 0 heterocycles. The second-order valence-electron chi connectivity index (χ2n) is 28.0. The lowest BCUT2D eigenvalue weighted by Crippen LogP contribution is -2.44. The number of likely N-dealkylation sites (N-methyl/N-ethyl adjacent to an activating group) is 1. The first kappa shape index (κ1) is 84.3. The zero-order valence-electron chi connectivity index (χ0n) is 58.7. The lowest BCUT2D eigenvalue weighted by Gasteiger charge is -2.26. The molecule has 0 spiro atoms. The van der Waals surface area contributed by atoms with E-state index >= 15 is 0 Å². The van der Waals surface area contributed by atoms with E-state index < -0.39 is 24.3 Å². The molecule has 2 atom stereocenters. The quantitative estimate of drug-likeness (QED) is 0.0256. The van der Waals surface area contributed by atoms with Crippen molar-refractivity contribution < 1.29 is 42.9 Å². The number of ether oxygens (including phenoxy) is 4. The molecule has 0 aromatic carbocycles. The SMILES string of the molecule is CCCCCCCCCCCCCCCCCCCCCCCCCCCCCCCCCCCCCC(=O)OC(COC(=O)CCCCCCCCCCCCCCCCCCCCCCCCCCCC)COC(OCC[N+](C)(C)C)C(=O)[O-]. The third-order valence-corrected chi connectivity index (χ3v) is 18.1. The lowest BCUT2D eigenvalue weighted by molar-refractivity contribution is -0.870. The number of carboxylic acids is 1. The highest BCUT2D eigenvalue weighted by Crippen LogP contribution is 2.20. The molecule has 0 rings (SSSR count). The molecule has 2 unspecified atom stereocenters. The van der Waals surface area contributed by atoms with Gasteiger partial charge < -0.3 is 33.3 Å². The number of nitrogens with zero attached hydrogens (tertiary/aromatic N) is 1. The van der Waals surface area contributed by atoms with Gasteiger partial charge in [0.1, 0.15) is 13.2 Å². The van der Waals surface area contributed by atoms with E-state index in [-0.39, 0.29) is 32.2 Å². The average molecular weight is 1220 g/mol. The van der Waals surface area contributed by atoms with E-state index in [1.807, 2.05) is 21.1 Å². The molecule has 0 radical (unpaired) electrons. The summed E-state index contributed by atoms with van der Waals surface area (Å²) in [7, 11) is 5.95. The van der Waals surface area contributed by atoms with Crippen molar-refractivity contribution in [1.29, 1.82) is 0 Å². The molecule has 0 aliphatic carbocycles. The molecule has 0 saturated heterocycles. The van der Waals surface area contributed by atoms with Crippen molar-refractivity contribution in [2.24, 2.45) is 0 Å². The largest absolute Gasteiger partial charge is 0.545 e.